The van der Waals surface area contributed by atoms with Crippen molar-refractivity contribution >= 4 is 11.5 Å². The summed E-state index contributed by atoms with van der Waals surface area (Å²) < 4.78 is 37.2. The summed E-state index contributed by atoms with van der Waals surface area (Å²) in [5.41, 5.74) is 3.30. The van der Waals surface area contributed by atoms with E-state index in [0.29, 0.717) is 35.0 Å². The number of hydrogen-bond donors (Lipinski definition) is 0. The normalized spacial score (nSPS) is 15.7. The first-order chi connectivity index (χ1) is 17.1. The van der Waals surface area contributed by atoms with Crippen molar-refractivity contribution in [3.63, 3.8) is 0 Å². The molecular weight excluding hydrogens is 452 g/mol. The molecule has 0 aliphatic carbocycles. The van der Waals surface area contributed by atoms with Crippen molar-refractivity contribution in [3.8, 4) is 22.6 Å². The summed E-state index contributed by atoms with van der Waals surface area (Å²) in [5.74, 6) is 0.509. The highest BCUT2D eigenvalue weighted by atomic mass is 19.1. The fraction of sp³-hybridized carbons (Fsp3) is 0.200. The third kappa shape index (κ3) is 3.67. The molecule has 0 spiro atoms. The van der Waals surface area contributed by atoms with E-state index in [0.717, 1.165) is 30.0 Å². The quantitative estimate of drug-likeness (QED) is 0.371. The fourth-order valence-corrected chi connectivity index (χ4v) is 4.67. The predicted octanol–water partition coefficient (Wildman–Crippen LogP) is 4.61. The highest BCUT2D eigenvalue weighted by Gasteiger charge is 2.30. The molecule has 0 amide bonds. The van der Waals surface area contributed by atoms with Crippen molar-refractivity contribution < 1.29 is 13.5 Å². The minimum atomic E-state index is -0.450. The number of halogens is 2. The van der Waals surface area contributed by atoms with Crippen molar-refractivity contribution in [2.45, 2.75) is 18.9 Å². The van der Waals surface area contributed by atoms with E-state index in [1.165, 1.54) is 12.1 Å². The number of methoxy groups -OCH3 is 1. The summed E-state index contributed by atoms with van der Waals surface area (Å²) in [6, 6.07) is 6.94. The molecular formula is C25H21F2N7O. The van der Waals surface area contributed by atoms with E-state index in [1.807, 2.05) is 23.4 Å². The molecule has 1 fully saturated rings. The molecule has 1 atom stereocenters. The number of rotatable bonds is 5. The van der Waals surface area contributed by atoms with Gasteiger partial charge in [0.1, 0.15) is 28.9 Å². The highest BCUT2D eigenvalue weighted by Crippen LogP contribution is 2.37. The first-order valence-corrected chi connectivity index (χ1v) is 11.2. The van der Waals surface area contributed by atoms with Crippen LogP contribution < -0.4 is 9.64 Å². The summed E-state index contributed by atoms with van der Waals surface area (Å²) in [6.07, 6.45) is 12.1. The minimum Gasteiger partial charge on any atom is -0.496 e. The molecule has 0 N–H and O–H groups in total. The number of hydrogen-bond acceptors (Lipinski definition) is 6. The van der Waals surface area contributed by atoms with Gasteiger partial charge in [0.15, 0.2) is 5.65 Å². The molecule has 8 nitrogen and oxygen atoms in total. The van der Waals surface area contributed by atoms with E-state index in [1.54, 1.807) is 47.2 Å². The number of pyridine rings is 1. The molecule has 1 aliphatic heterocycles. The maximum atomic E-state index is 14.5. The maximum Gasteiger partial charge on any atom is 0.183 e. The lowest BCUT2D eigenvalue weighted by Crippen LogP contribution is -2.24. The maximum absolute atomic E-state index is 14.5. The first-order valence-electron chi connectivity index (χ1n) is 11.2. The van der Waals surface area contributed by atoms with E-state index in [-0.39, 0.29) is 6.04 Å². The van der Waals surface area contributed by atoms with E-state index >= 15 is 0 Å². The number of fused-ring (bicyclic) bond motifs is 1. The molecule has 6 rings (SSSR count). The zero-order valence-electron chi connectivity index (χ0n) is 18.8. The molecule has 4 aromatic heterocycles. The van der Waals surface area contributed by atoms with Gasteiger partial charge in [-0.1, -0.05) is 0 Å². The average molecular weight is 473 g/mol. The molecule has 1 saturated heterocycles. The van der Waals surface area contributed by atoms with Gasteiger partial charge >= 0.3 is 0 Å². The molecule has 5 aromatic rings. The topological polar surface area (TPSA) is 73.4 Å². The molecule has 0 saturated carbocycles. The van der Waals surface area contributed by atoms with Crippen molar-refractivity contribution in [2.24, 2.45) is 0 Å². The van der Waals surface area contributed by atoms with Gasteiger partial charge in [-0.15, -0.1) is 0 Å². The van der Waals surface area contributed by atoms with Crippen LogP contribution in [-0.4, -0.2) is 43.0 Å². The van der Waals surface area contributed by atoms with Crippen LogP contribution in [0.5, 0.6) is 5.75 Å². The Morgan fingerprint density at radius 2 is 1.97 bits per heavy atom. The Bertz CT molecular complexity index is 1530. The average Bonchev–Trinajstić information content (AvgIpc) is 3.64. The van der Waals surface area contributed by atoms with Crippen LogP contribution in [0.25, 0.3) is 22.5 Å². The number of ether oxygens (including phenoxy) is 1. The van der Waals surface area contributed by atoms with Crippen LogP contribution in [0.3, 0.4) is 0 Å². The largest absolute Gasteiger partial charge is 0.496 e. The van der Waals surface area contributed by atoms with Gasteiger partial charge in [-0.05, 0) is 43.2 Å². The Kier molecular flexibility index (Phi) is 5.13. The van der Waals surface area contributed by atoms with Crippen molar-refractivity contribution in [1.82, 2.24) is 29.4 Å². The zero-order chi connectivity index (χ0) is 23.9. The third-order valence-corrected chi connectivity index (χ3v) is 6.34. The molecule has 0 bridgehead atoms. The van der Waals surface area contributed by atoms with Crippen LogP contribution in [-0.2, 0) is 0 Å². The van der Waals surface area contributed by atoms with E-state index in [9.17, 15) is 8.78 Å². The van der Waals surface area contributed by atoms with Crippen LogP contribution in [0.15, 0.2) is 67.5 Å². The van der Waals surface area contributed by atoms with Crippen LogP contribution in [0.2, 0.25) is 0 Å². The number of anilines is 1. The van der Waals surface area contributed by atoms with E-state index in [4.69, 9.17) is 9.72 Å². The number of aromatic nitrogens is 6. The Morgan fingerprint density at radius 1 is 1.06 bits per heavy atom. The van der Waals surface area contributed by atoms with Gasteiger partial charge in [0.25, 0.3) is 0 Å². The Hall–Kier alpha value is -4.34. The third-order valence-electron chi connectivity index (χ3n) is 6.34. The van der Waals surface area contributed by atoms with Gasteiger partial charge in [-0.3, -0.25) is 4.98 Å². The SMILES string of the molecule is COc1ccncc1-c1cnn(-c2cnn3ccc(N4CCCC4c4cc(F)ccc4F)nc23)c1. The lowest BCUT2D eigenvalue weighted by atomic mass is 10.0. The summed E-state index contributed by atoms with van der Waals surface area (Å²) in [5, 5.41) is 8.92. The van der Waals surface area contributed by atoms with E-state index in [2.05, 4.69) is 15.2 Å². The molecule has 176 valence electrons. The van der Waals surface area contributed by atoms with Gasteiger partial charge in [0.2, 0.25) is 0 Å². The van der Waals surface area contributed by atoms with Gasteiger partial charge in [0.05, 0.1) is 25.5 Å². The molecule has 1 aromatic carbocycles. The second kappa shape index (κ2) is 8.46. The van der Waals surface area contributed by atoms with Gasteiger partial charge < -0.3 is 9.64 Å². The second-order valence-corrected chi connectivity index (χ2v) is 8.35. The molecule has 10 heteroatoms. The van der Waals surface area contributed by atoms with Gasteiger partial charge in [0, 0.05) is 48.0 Å². The molecule has 1 aliphatic rings. The fourth-order valence-electron chi connectivity index (χ4n) is 4.67. The Labute approximate surface area is 199 Å². The molecule has 0 radical (unpaired) electrons. The predicted molar refractivity (Wildman–Crippen MR) is 126 cm³/mol. The van der Waals surface area contributed by atoms with Gasteiger partial charge in [-0.2, -0.15) is 10.2 Å². The minimum absolute atomic E-state index is 0.290. The lowest BCUT2D eigenvalue weighted by molar-refractivity contribution is 0.416. The smallest absolute Gasteiger partial charge is 0.183 e. The Morgan fingerprint density at radius 3 is 2.86 bits per heavy atom. The van der Waals surface area contributed by atoms with Crippen LogP contribution >= 0.6 is 0 Å². The summed E-state index contributed by atoms with van der Waals surface area (Å²) >= 11 is 0. The first kappa shape index (κ1) is 21.2. The number of nitrogens with zero attached hydrogens (tertiary/aromatic N) is 7. The molecule has 1 unspecified atom stereocenters. The highest BCUT2D eigenvalue weighted by molar-refractivity contribution is 5.69. The van der Waals surface area contributed by atoms with Crippen molar-refractivity contribution in [3.05, 3.63) is 84.7 Å². The van der Waals surface area contributed by atoms with Crippen molar-refractivity contribution in [1.29, 1.82) is 0 Å². The van der Waals surface area contributed by atoms with Gasteiger partial charge in [-0.25, -0.2) is 23.0 Å². The number of benzene rings is 1. The zero-order valence-corrected chi connectivity index (χ0v) is 18.8. The standard InChI is InChI=1S/C25H21F2N7O/c1-35-23-6-8-28-13-19(23)16-12-29-34(15-16)22-14-30-33-10-7-24(31-25(22)33)32-9-2-3-21(32)18-11-17(26)4-5-20(18)27/h4-8,10-15,21H,2-3,9H2,1H3. The Balaban J connectivity index is 1.38. The van der Waals surface area contributed by atoms with Crippen LogP contribution in [0.4, 0.5) is 14.6 Å². The molecule has 5 heterocycles. The summed E-state index contributed by atoms with van der Waals surface area (Å²) in [6.45, 7) is 0.694. The molecule has 35 heavy (non-hydrogen) atoms. The second-order valence-electron chi connectivity index (χ2n) is 8.35. The van der Waals surface area contributed by atoms with Crippen molar-refractivity contribution in [2.75, 3.05) is 18.6 Å². The van der Waals surface area contributed by atoms with E-state index < -0.39 is 11.6 Å². The summed E-state index contributed by atoms with van der Waals surface area (Å²) in [4.78, 5) is 11.1. The monoisotopic (exact) mass is 473 g/mol. The lowest BCUT2D eigenvalue weighted by Gasteiger charge is -2.26. The van der Waals surface area contributed by atoms with Crippen LogP contribution in [0, 0.1) is 11.6 Å². The summed E-state index contributed by atoms with van der Waals surface area (Å²) in [7, 11) is 1.61. The van der Waals surface area contributed by atoms with Crippen LogP contribution in [0.1, 0.15) is 24.4 Å².